The molecular formula is C67H53NO. The third-order valence-corrected chi connectivity index (χ3v) is 15.2. The Labute approximate surface area is 405 Å². The standard InChI is InChI=1S/C67H53NO/c1-65(2,3)48-33-37-51-52-38-34-49(66(4,5)6)41-59(52)67(58(51)40-48)56-20-11-9-18-55(56)63-57(67)21-14-22-60(63)68(61-23-13-19-54-53-17-10-12-24-62(53)69-64(54)61)50-35-31-44(32-36-50)43-25-27-45(28-26-43)47-30-29-42-15-7-8-16-46(42)39-47/h7-41H,1-6H3. The SMILES string of the molecule is CC(C)(C)c1ccc2c(c1)C1(c3cc(C(C)(C)C)ccc3-2)c2ccccc2-c2c(N(c3ccc(-c4ccc(-c5ccc6ccccc6c5)cc4)cc3)c3cccc4c3oc3ccccc34)cccc21. The van der Waals surface area contributed by atoms with E-state index in [2.05, 4.69) is 259 Å². The van der Waals surface area contributed by atoms with Crippen LogP contribution in [-0.2, 0) is 16.2 Å². The summed E-state index contributed by atoms with van der Waals surface area (Å²) in [7, 11) is 0. The summed E-state index contributed by atoms with van der Waals surface area (Å²) in [4.78, 5) is 2.46. The first-order chi connectivity index (χ1) is 33.5. The largest absolute Gasteiger partial charge is 0.454 e. The maximum Gasteiger partial charge on any atom is 0.159 e. The van der Waals surface area contributed by atoms with Gasteiger partial charge in [-0.1, -0.05) is 217 Å². The molecule has 10 aromatic carbocycles. The van der Waals surface area contributed by atoms with Gasteiger partial charge in [0.25, 0.3) is 0 Å². The molecule has 0 N–H and O–H groups in total. The third kappa shape index (κ3) is 6.24. The first-order valence-corrected chi connectivity index (χ1v) is 24.4. The van der Waals surface area contributed by atoms with Crippen LogP contribution in [0.1, 0.15) is 74.9 Å². The van der Waals surface area contributed by atoms with Crippen molar-refractivity contribution in [3.05, 3.63) is 246 Å². The van der Waals surface area contributed by atoms with E-state index in [4.69, 9.17) is 4.42 Å². The number of anilines is 3. The molecule has 2 aliphatic rings. The Bertz CT molecular complexity index is 3790. The normalized spacial score (nSPS) is 13.5. The summed E-state index contributed by atoms with van der Waals surface area (Å²) in [6, 6.07) is 79.2. The third-order valence-electron chi connectivity index (χ3n) is 15.2. The van der Waals surface area contributed by atoms with Crippen molar-refractivity contribution in [2.45, 2.75) is 57.8 Å². The zero-order chi connectivity index (χ0) is 46.8. The summed E-state index contributed by atoms with van der Waals surface area (Å²) in [5.41, 5.74) is 22.3. The molecule has 1 spiro atoms. The van der Waals surface area contributed by atoms with Crippen LogP contribution >= 0.6 is 0 Å². The Hall–Kier alpha value is -7.94. The van der Waals surface area contributed by atoms with Crippen molar-refractivity contribution in [3.63, 3.8) is 0 Å². The maximum absolute atomic E-state index is 6.90. The molecule has 332 valence electrons. The smallest absolute Gasteiger partial charge is 0.159 e. The van der Waals surface area contributed by atoms with Crippen LogP contribution in [0.25, 0.3) is 77.2 Å². The first kappa shape index (κ1) is 41.3. The van der Waals surface area contributed by atoms with Gasteiger partial charge in [0.2, 0.25) is 0 Å². The van der Waals surface area contributed by atoms with E-state index in [-0.39, 0.29) is 10.8 Å². The monoisotopic (exact) mass is 887 g/mol. The van der Waals surface area contributed by atoms with Crippen LogP contribution in [0, 0.1) is 0 Å². The lowest BCUT2D eigenvalue weighted by Crippen LogP contribution is -2.27. The van der Waals surface area contributed by atoms with E-state index in [1.54, 1.807) is 0 Å². The minimum absolute atomic E-state index is 0.0299. The summed E-state index contributed by atoms with van der Waals surface area (Å²) >= 11 is 0. The fraction of sp³-hybridized carbons (Fsp3) is 0.134. The summed E-state index contributed by atoms with van der Waals surface area (Å²) in [6.45, 7) is 14.0. The molecule has 13 rings (SSSR count). The van der Waals surface area contributed by atoms with Gasteiger partial charge in [-0.15, -0.1) is 0 Å². The van der Waals surface area contributed by atoms with Crippen LogP contribution < -0.4 is 4.90 Å². The Kier molecular flexibility index (Phi) is 8.99. The van der Waals surface area contributed by atoms with Gasteiger partial charge in [-0.3, -0.25) is 0 Å². The number of hydrogen-bond donors (Lipinski definition) is 0. The average Bonchev–Trinajstić information content (AvgIpc) is 4.00. The zero-order valence-electron chi connectivity index (χ0n) is 40.1. The van der Waals surface area contributed by atoms with Gasteiger partial charge in [0.15, 0.2) is 5.58 Å². The first-order valence-electron chi connectivity index (χ1n) is 24.4. The number of rotatable bonds is 5. The van der Waals surface area contributed by atoms with Gasteiger partial charge in [0, 0.05) is 22.0 Å². The van der Waals surface area contributed by atoms with E-state index < -0.39 is 5.41 Å². The van der Waals surface area contributed by atoms with Gasteiger partial charge in [-0.05, 0) is 130 Å². The van der Waals surface area contributed by atoms with Gasteiger partial charge in [-0.25, -0.2) is 0 Å². The lowest BCUT2D eigenvalue weighted by molar-refractivity contribution is 0.586. The topological polar surface area (TPSA) is 16.4 Å². The molecule has 0 unspecified atom stereocenters. The lowest BCUT2D eigenvalue weighted by Gasteiger charge is -2.33. The number of para-hydroxylation sites is 2. The molecule has 2 aliphatic carbocycles. The molecule has 0 saturated carbocycles. The number of benzene rings is 10. The molecule has 0 atom stereocenters. The van der Waals surface area contributed by atoms with Crippen molar-refractivity contribution in [1.29, 1.82) is 0 Å². The number of nitrogens with zero attached hydrogens (tertiary/aromatic N) is 1. The molecule has 69 heavy (non-hydrogen) atoms. The van der Waals surface area contributed by atoms with Gasteiger partial charge in [0.05, 0.1) is 16.8 Å². The van der Waals surface area contributed by atoms with Crippen LogP contribution in [0.3, 0.4) is 0 Å². The van der Waals surface area contributed by atoms with E-state index in [1.165, 1.54) is 83.1 Å². The van der Waals surface area contributed by atoms with Crippen molar-refractivity contribution in [3.8, 4) is 44.5 Å². The highest BCUT2D eigenvalue weighted by molar-refractivity contribution is 6.11. The fourth-order valence-corrected chi connectivity index (χ4v) is 11.7. The molecule has 0 aliphatic heterocycles. The van der Waals surface area contributed by atoms with Crippen LogP contribution in [-0.4, -0.2) is 0 Å². The second-order valence-corrected chi connectivity index (χ2v) is 21.3. The Balaban J connectivity index is 1.02. The number of hydrogen-bond acceptors (Lipinski definition) is 2. The summed E-state index contributed by atoms with van der Waals surface area (Å²) in [5, 5.41) is 4.72. The highest BCUT2D eigenvalue weighted by Crippen LogP contribution is 2.65. The highest BCUT2D eigenvalue weighted by Gasteiger charge is 2.53. The van der Waals surface area contributed by atoms with Crippen LogP contribution in [0.15, 0.2) is 217 Å². The molecule has 0 bridgehead atoms. The molecule has 0 radical (unpaired) electrons. The zero-order valence-corrected chi connectivity index (χ0v) is 40.1. The van der Waals surface area contributed by atoms with Crippen LogP contribution in [0.5, 0.6) is 0 Å². The Morgan fingerprint density at radius 3 is 1.61 bits per heavy atom. The molecule has 1 heterocycles. The van der Waals surface area contributed by atoms with Crippen molar-refractivity contribution in [2.24, 2.45) is 0 Å². The molecule has 0 amide bonds. The van der Waals surface area contributed by atoms with E-state index in [0.717, 1.165) is 44.6 Å². The van der Waals surface area contributed by atoms with E-state index in [0.29, 0.717) is 0 Å². The van der Waals surface area contributed by atoms with Gasteiger partial charge in [-0.2, -0.15) is 0 Å². The Morgan fingerprint density at radius 1 is 0.377 bits per heavy atom. The summed E-state index contributed by atoms with van der Waals surface area (Å²) in [6.07, 6.45) is 0. The predicted molar refractivity (Wildman–Crippen MR) is 290 cm³/mol. The molecular weight excluding hydrogens is 835 g/mol. The quantitative estimate of drug-likeness (QED) is 0.171. The number of fused-ring (bicyclic) bond motifs is 14. The molecule has 2 nitrogen and oxygen atoms in total. The lowest BCUT2D eigenvalue weighted by atomic mass is 9.69. The summed E-state index contributed by atoms with van der Waals surface area (Å²) < 4.78 is 6.90. The van der Waals surface area contributed by atoms with Crippen LogP contribution in [0.2, 0.25) is 0 Å². The number of furan rings is 1. The minimum Gasteiger partial charge on any atom is -0.454 e. The molecule has 11 aromatic rings. The van der Waals surface area contributed by atoms with Gasteiger partial charge in [0.1, 0.15) is 5.58 Å². The van der Waals surface area contributed by atoms with Crippen molar-refractivity contribution < 1.29 is 4.42 Å². The maximum atomic E-state index is 6.90. The summed E-state index contributed by atoms with van der Waals surface area (Å²) in [5.74, 6) is 0. The molecule has 1 aromatic heterocycles. The second kappa shape index (κ2) is 15.0. The van der Waals surface area contributed by atoms with Gasteiger partial charge >= 0.3 is 0 Å². The predicted octanol–water partition coefficient (Wildman–Crippen LogP) is 18.5. The molecule has 0 saturated heterocycles. The van der Waals surface area contributed by atoms with Crippen molar-refractivity contribution in [2.75, 3.05) is 4.90 Å². The van der Waals surface area contributed by atoms with Gasteiger partial charge < -0.3 is 9.32 Å². The van der Waals surface area contributed by atoms with Crippen molar-refractivity contribution >= 4 is 49.8 Å². The molecule has 2 heteroatoms. The van der Waals surface area contributed by atoms with Crippen molar-refractivity contribution in [1.82, 2.24) is 0 Å². The highest BCUT2D eigenvalue weighted by atomic mass is 16.3. The average molecular weight is 888 g/mol. The second-order valence-electron chi connectivity index (χ2n) is 21.3. The van der Waals surface area contributed by atoms with E-state index >= 15 is 0 Å². The minimum atomic E-state index is -0.533. The fourth-order valence-electron chi connectivity index (χ4n) is 11.7. The van der Waals surface area contributed by atoms with E-state index in [1.807, 2.05) is 0 Å². The Morgan fingerprint density at radius 2 is 0.913 bits per heavy atom. The van der Waals surface area contributed by atoms with E-state index in [9.17, 15) is 0 Å². The van der Waals surface area contributed by atoms with Crippen LogP contribution in [0.4, 0.5) is 17.1 Å². The molecule has 0 fully saturated rings.